The lowest BCUT2D eigenvalue weighted by molar-refractivity contribution is -0.145. The van der Waals surface area contributed by atoms with Crippen LogP contribution in [0.2, 0.25) is 0 Å². The summed E-state index contributed by atoms with van der Waals surface area (Å²) >= 11 is 0. The van der Waals surface area contributed by atoms with E-state index >= 15 is 0 Å². The molecule has 1 unspecified atom stereocenters. The number of hydrogen-bond donors (Lipinski definition) is 5. The molecule has 5 N–H and O–H groups in total. The molecular formula is C26H42N6O7. The van der Waals surface area contributed by atoms with Crippen LogP contribution in [0.25, 0.3) is 0 Å². The first-order valence-electron chi connectivity index (χ1n) is 13.4. The highest BCUT2D eigenvalue weighted by molar-refractivity contribution is 6.38. The van der Waals surface area contributed by atoms with Gasteiger partial charge in [-0.3, -0.25) is 28.8 Å². The first-order chi connectivity index (χ1) is 18.4. The molecule has 0 spiro atoms. The van der Waals surface area contributed by atoms with Crippen LogP contribution in [0.4, 0.5) is 0 Å². The molecule has 2 aliphatic heterocycles. The van der Waals surface area contributed by atoms with Crippen LogP contribution in [0.3, 0.4) is 0 Å². The number of ketones is 1. The maximum Gasteiger partial charge on any atom is 0.325 e. The van der Waals surface area contributed by atoms with Gasteiger partial charge in [0.2, 0.25) is 17.6 Å². The molecule has 0 radical (unpaired) electrons. The number of hydrogen-bond acceptors (Lipinski definition) is 9. The van der Waals surface area contributed by atoms with Gasteiger partial charge in [0.05, 0.1) is 6.04 Å². The summed E-state index contributed by atoms with van der Waals surface area (Å²) in [5.74, 6) is -4.24. The Balaban J connectivity index is 2.06. The van der Waals surface area contributed by atoms with Crippen LogP contribution < -0.4 is 26.8 Å². The van der Waals surface area contributed by atoms with E-state index in [0.29, 0.717) is 25.8 Å². The first-order valence-corrected chi connectivity index (χ1v) is 13.4. The molecule has 218 valence electrons. The second kappa shape index (κ2) is 14.2. The second-order valence-corrected chi connectivity index (χ2v) is 10.5. The van der Waals surface area contributed by atoms with E-state index in [1.807, 2.05) is 27.7 Å². The van der Waals surface area contributed by atoms with Gasteiger partial charge in [-0.2, -0.15) is 0 Å². The third-order valence-corrected chi connectivity index (χ3v) is 6.87. The lowest BCUT2D eigenvalue weighted by Gasteiger charge is -2.32. The van der Waals surface area contributed by atoms with Crippen LogP contribution in [0.1, 0.15) is 60.3 Å². The highest BCUT2D eigenvalue weighted by Crippen LogP contribution is 2.24. The number of esters is 1. The Morgan fingerprint density at radius 2 is 1.77 bits per heavy atom. The quantitative estimate of drug-likeness (QED) is 0.0756. The molecule has 2 saturated heterocycles. The summed E-state index contributed by atoms with van der Waals surface area (Å²) < 4.78 is 4.77. The minimum absolute atomic E-state index is 0.0263. The van der Waals surface area contributed by atoms with E-state index in [1.54, 1.807) is 6.92 Å². The van der Waals surface area contributed by atoms with Crippen LogP contribution in [0, 0.1) is 11.8 Å². The second-order valence-electron chi connectivity index (χ2n) is 10.5. The van der Waals surface area contributed by atoms with Crippen molar-refractivity contribution in [2.75, 3.05) is 19.7 Å². The Morgan fingerprint density at radius 1 is 1.10 bits per heavy atom. The summed E-state index contributed by atoms with van der Waals surface area (Å²) in [6.07, 6.45) is 3.02. The van der Waals surface area contributed by atoms with Crippen molar-refractivity contribution in [2.45, 2.75) is 84.1 Å². The number of nitrogens with zero attached hydrogens (tertiary/aromatic N) is 1. The summed E-state index contributed by atoms with van der Waals surface area (Å²) in [6, 6.07) is -2.83. The van der Waals surface area contributed by atoms with Crippen molar-refractivity contribution in [1.29, 1.82) is 0 Å². The summed E-state index contributed by atoms with van der Waals surface area (Å²) in [5.41, 5.74) is 4.78. The number of rotatable bonds is 15. The molecule has 0 aromatic carbocycles. The summed E-state index contributed by atoms with van der Waals surface area (Å²) in [5, 5.41) is 7.66. The standard InChI is InChI=1S/C26H42N6O7/c1-7-10-17(21(34)23(36)27-14-19(33)39-13-8-2)28-22(35)18-11-9-12-32(18)24(37)20(15(3)4)29-25(38)26(16(5)6)30-31-26/h8,15-18,20,30-31H,2,7,9-14H2,1,3-6H3,(H,27,36)(H,28,35)(H,29,38)/t17?,18-,20-/m0/s1. The maximum absolute atomic E-state index is 13.5. The predicted molar refractivity (Wildman–Crippen MR) is 141 cm³/mol. The predicted octanol–water partition coefficient (Wildman–Crippen LogP) is -0.722. The van der Waals surface area contributed by atoms with Gasteiger partial charge in [-0.1, -0.05) is 53.7 Å². The lowest BCUT2D eigenvalue weighted by atomic mass is 9.97. The zero-order valence-corrected chi connectivity index (χ0v) is 23.4. The minimum atomic E-state index is -1.12. The molecule has 0 aliphatic carbocycles. The normalized spacial score (nSPS) is 19.2. The Kier molecular flexibility index (Phi) is 11.6. The summed E-state index contributed by atoms with van der Waals surface area (Å²) in [7, 11) is 0. The van der Waals surface area contributed by atoms with E-state index in [1.165, 1.54) is 11.0 Å². The van der Waals surface area contributed by atoms with E-state index in [2.05, 4.69) is 33.4 Å². The van der Waals surface area contributed by atoms with Gasteiger partial charge in [0.25, 0.3) is 11.8 Å². The Hall–Kier alpha value is -3.32. The molecule has 0 bridgehead atoms. The molecular weight excluding hydrogens is 508 g/mol. The van der Waals surface area contributed by atoms with E-state index < -0.39 is 53.9 Å². The monoisotopic (exact) mass is 550 g/mol. The smallest absolute Gasteiger partial charge is 0.325 e. The van der Waals surface area contributed by atoms with Crippen LogP contribution >= 0.6 is 0 Å². The van der Waals surface area contributed by atoms with Crippen molar-refractivity contribution in [1.82, 2.24) is 31.7 Å². The zero-order chi connectivity index (χ0) is 29.3. The zero-order valence-electron chi connectivity index (χ0n) is 23.4. The van der Waals surface area contributed by atoms with Crippen molar-refractivity contribution < 1.29 is 33.5 Å². The van der Waals surface area contributed by atoms with Gasteiger partial charge < -0.3 is 25.6 Å². The van der Waals surface area contributed by atoms with Crippen LogP contribution in [0.5, 0.6) is 0 Å². The molecule has 0 aromatic rings. The van der Waals surface area contributed by atoms with Crippen molar-refractivity contribution in [3.05, 3.63) is 12.7 Å². The third kappa shape index (κ3) is 8.09. The highest BCUT2D eigenvalue weighted by atomic mass is 16.5. The molecule has 13 nitrogen and oxygen atoms in total. The number of likely N-dealkylation sites (tertiary alicyclic amines) is 1. The number of ether oxygens (including phenoxy) is 1. The van der Waals surface area contributed by atoms with Crippen LogP contribution in [-0.2, 0) is 33.5 Å². The Morgan fingerprint density at radius 3 is 2.31 bits per heavy atom. The summed E-state index contributed by atoms with van der Waals surface area (Å²) in [4.78, 5) is 77.9. The molecule has 2 rings (SSSR count). The van der Waals surface area contributed by atoms with E-state index in [0.717, 1.165) is 0 Å². The number of Topliss-reactive ketones (excluding diaryl/α,β-unsaturated/α-hetero) is 1. The van der Waals surface area contributed by atoms with Gasteiger partial charge in [0.15, 0.2) is 5.66 Å². The van der Waals surface area contributed by atoms with Gasteiger partial charge in [-0.15, -0.1) is 0 Å². The van der Waals surface area contributed by atoms with Crippen LogP contribution in [0.15, 0.2) is 12.7 Å². The fourth-order valence-electron chi connectivity index (χ4n) is 4.41. The van der Waals surface area contributed by atoms with Crippen molar-refractivity contribution >= 4 is 35.4 Å². The van der Waals surface area contributed by atoms with Gasteiger partial charge >= 0.3 is 5.97 Å². The topological polar surface area (TPSA) is 195 Å². The minimum Gasteiger partial charge on any atom is -0.460 e. The largest absolute Gasteiger partial charge is 0.460 e. The average Bonchev–Trinajstić information content (AvgIpc) is 3.57. The lowest BCUT2D eigenvalue weighted by Crippen LogP contribution is -2.59. The molecule has 2 heterocycles. The average molecular weight is 551 g/mol. The molecule has 0 aromatic heterocycles. The van der Waals surface area contributed by atoms with Crippen LogP contribution in [-0.4, -0.2) is 83.8 Å². The molecule has 2 aliphatic rings. The summed E-state index contributed by atoms with van der Waals surface area (Å²) in [6.45, 7) is 12.4. The molecule has 2 fully saturated rings. The number of carbonyl (C=O) groups excluding carboxylic acids is 6. The molecule has 0 saturated carbocycles. The number of carbonyl (C=O) groups is 6. The SMILES string of the molecule is C=CCOC(=O)CNC(=O)C(=O)C(CCC)NC(=O)[C@@H]1CCCN1C(=O)[C@@H](NC(=O)C1(C(C)C)NN1)C(C)C. The van der Waals surface area contributed by atoms with E-state index in [-0.39, 0.29) is 36.7 Å². The fraction of sp³-hybridized carbons (Fsp3) is 0.692. The maximum atomic E-state index is 13.5. The first kappa shape index (κ1) is 31.9. The fourth-order valence-corrected chi connectivity index (χ4v) is 4.41. The van der Waals surface area contributed by atoms with Crippen molar-refractivity contribution in [3.8, 4) is 0 Å². The molecule has 4 amide bonds. The van der Waals surface area contributed by atoms with Gasteiger partial charge in [0, 0.05) is 6.54 Å². The van der Waals surface area contributed by atoms with Gasteiger partial charge in [-0.25, -0.2) is 10.9 Å². The molecule has 13 heteroatoms. The molecule has 3 atom stereocenters. The Labute approximate surface area is 229 Å². The highest BCUT2D eigenvalue weighted by Gasteiger charge is 2.53. The third-order valence-electron chi connectivity index (χ3n) is 6.87. The number of nitrogens with one attached hydrogen (secondary N) is 5. The number of hydrazine groups is 1. The van der Waals surface area contributed by atoms with E-state index in [4.69, 9.17) is 4.74 Å². The van der Waals surface area contributed by atoms with Crippen molar-refractivity contribution in [2.24, 2.45) is 11.8 Å². The van der Waals surface area contributed by atoms with Gasteiger partial charge in [0.1, 0.15) is 25.2 Å². The molecule has 39 heavy (non-hydrogen) atoms. The number of amides is 4. The van der Waals surface area contributed by atoms with E-state index in [9.17, 15) is 28.8 Å². The Bertz CT molecular complexity index is 962. The van der Waals surface area contributed by atoms with Crippen molar-refractivity contribution in [3.63, 3.8) is 0 Å². The van der Waals surface area contributed by atoms with Gasteiger partial charge in [-0.05, 0) is 31.1 Å².